The maximum absolute atomic E-state index is 12.6. The first-order valence-electron chi connectivity index (χ1n) is 5.00. The van der Waals surface area contributed by atoms with E-state index >= 15 is 0 Å². The Morgan fingerprint density at radius 1 is 1.40 bits per heavy atom. The zero-order valence-corrected chi connectivity index (χ0v) is 8.29. The van der Waals surface area contributed by atoms with Gasteiger partial charge in [0, 0.05) is 31.1 Å². The number of nitrogens with one attached hydrogen (secondary N) is 2. The minimum Gasteiger partial charge on any atom is -0.352 e. The highest BCUT2D eigenvalue weighted by Gasteiger charge is 2.17. The van der Waals surface area contributed by atoms with E-state index in [0.717, 1.165) is 13.1 Å². The van der Waals surface area contributed by atoms with Crippen LogP contribution in [0.5, 0.6) is 0 Å². The van der Waals surface area contributed by atoms with Crippen molar-refractivity contribution in [3.8, 4) is 0 Å². The van der Waals surface area contributed by atoms with E-state index in [9.17, 15) is 9.18 Å². The largest absolute Gasteiger partial charge is 0.352 e. The molecule has 15 heavy (non-hydrogen) atoms. The first-order chi connectivity index (χ1) is 7.25. The summed E-state index contributed by atoms with van der Waals surface area (Å²) in [5, 5.41) is 5.95. The quantitative estimate of drug-likeness (QED) is 0.770. The maximum atomic E-state index is 12.6. The number of rotatable bonds is 3. The van der Waals surface area contributed by atoms with Gasteiger partial charge in [0.2, 0.25) is 0 Å². The smallest absolute Gasteiger partial charge is 0.251 e. The molecule has 0 unspecified atom stereocenters. The molecule has 2 rings (SSSR count). The Bertz CT molecular complexity index is 346. The van der Waals surface area contributed by atoms with Crippen molar-refractivity contribution in [3.05, 3.63) is 35.6 Å². The number of hydrogen-bond acceptors (Lipinski definition) is 2. The van der Waals surface area contributed by atoms with Gasteiger partial charge < -0.3 is 10.6 Å². The normalized spacial score (nSPS) is 15.8. The van der Waals surface area contributed by atoms with Crippen molar-refractivity contribution < 1.29 is 9.18 Å². The van der Waals surface area contributed by atoms with Crippen LogP contribution in [0, 0.1) is 11.7 Å². The Labute approximate surface area is 87.7 Å². The van der Waals surface area contributed by atoms with Crippen LogP contribution in [0.2, 0.25) is 0 Å². The zero-order valence-electron chi connectivity index (χ0n) is 8.29. The van der Waals surface area contributed by atoms with E-state index in [1.165, 1.54) is 24.3 Å². The van der Waals surface area contributed by atoms with Crippen molar-refractivity contribution in [1.29, 1.82) is 0 Å². The molecule has 0 bridgehead atoms. The van der Waals surface area contributed by atoms with Crippen LogP contribution in [0.25, 0.3) is 0 Å². The average molecular weight is 208 g/mol. The lowest BCUT2D eigenvalue weighted by Gasteiger charge is -2.27. The second kappa shape index (κ2) is 4.40. The van der Waals surface area contributed by atoms with Crippen molar-refractivity contribution in [3.63, 3.8) is 0 Å². The van der Waals surface area contributed by atoms with Gasteiger partial charge in [0.25, 0.3) is 5.91 Å². The number of carbonyl (C=O) groups excluding carboxylic acids is 1. The van der Waals surface area contributed by atoms with Crippen LogP contribution >= 0.6 is 0 Å². The van der Waals surface area contributed by atoms with E-state index in [4.69, 9.17) is 0 Å². The molecule has 0 aliphatic carbocycles. The Balaban J connectivity index is 1.86. The molecule has 0 saturated carbocycles. The molecule has 80 valence electrons. The van der Waals surface area contributed by atoms with Gasteiger partial charge in [0.15, 0.2) is 0 Å². The summed E-state index contributed by atoms with van der Waals surface area (Å²) in [6.45, 7) is 2.61. The summed E-state index contributed by atoms with van der Waals surface area (Å²) in [4.78, 5) is 11.5. The Hall–Kier alpha value is -1.42. The van der Waals surface area contributed by atoms with E-state index in [-0.39, 0.29) is 11.7 Å². The van der Waals surface area contributed by atoms with Gasteiger partial charge in [-0.15, -0.1) is 0 Å². The van der Waals surface area contributed by atoms with E-state index in [0.29, 0.717) is 18.0 Å². The Kier molecular flexibility index (Phi) is 2.97. The van der Waals surface area contributed by atoms with E-state index in [2.05, 4.69) is 10.6 Å². The van der Waals surface area contributed by atoms with Crippen LogP contribution in [0.4, 0.5) is 4.39 Å². The zero-order chi connectivity index (χ0) is 10.7. The summed E-state index contributed by atoms with van der Waals surface area (Å²) in [5.41, 5.74) is 0.503. The summed E-state index contributed by atoms with van der Waals surface area (Å²) in [5.74, 6) is 0.0750. The summed E-state index contributed by atoms with van der Waals surface area (Å²) in [6.07, 6.45) is 0. The molecule has 1 saturated heterocycles. The molecule has 0 atom stereocenters. The molecule has 1 aromatic carbocycles. The van der Waals surface area contributed by atoms with Gasteiger partial charge in [-0.2, -0.15) is 0 Å². The molecule has 3 nitrogen and oxygen atoms in total. The second-order valence-electron chi connectivity index (χ2n) is 3.74. The number of benzene rings is 1. The standard InChI is InChI=1S/C11H13FN2O/c12-10-3-1-9(2-4-10)11(15)14-7-8-5-13-6-8/h1-4,8,13H,5-7H2,(H,14,15). The minimum atomic E-state index is -0.324. The van der Waals surface area contributed by atoms with Gasteiger partial charge in [-0.25, -0.2) is 4.39 Å². The molecule has 2 N–H and O–H groups in total. The van der Waals surface area contributed by atoms with Crippen LogP contribution in [0.1, 0.15) is 10.4 Å². The molecule has 1 aliphatic rings. The third-order valence-corrected chi connectivity index (χ3v) is 2.52. The Morgan fingerprint density at radius 2 is 2.07 bits per heavy atom. The van der Waals surface area contributed by atoms with Crippen molar-refractivity contribution in [2.75, 3.05) is 19.6 Å². The first kappa shape index (κ1) is 10.1. The first-order valence-corrected chi connectivity index (χ1v) is 5.00. The number of amides is 1. The molecule has 1 heterocycles. The van der Waals surface area contributed by atoms with Crippen molar-refractivity contribution in [1.82, 2.24) is 10.6 Å². The van der Waals surface area contributed by atoms with Crippen LogP contribution in [-0.4, -0.2) is 25.5 Å². The molecule has 0 spiro atoms. The van der Waals surface area contributed by atoms with Gasteiger partial charge in [0.1, 0.15) is 5.82 Å². The van der Waals surface area contributed by atoms with E-state index in [1.54, 1.807) is 0 Å². The fourth-order valence-electron chi connectivity index (χ4n) is 1.43. The lowest BCUT2D eigenvalue weighted by atomic mass is 10.0. The SMILES string of the molecule is O=C(NCC1CNC1)c1ccc(F)cc1. The molecule has 1 aliphatic heterocycles. The monoisotopic (exact) mass is 208 g/mol. The van der Waals surface area contributed by atoms with E-state index < -0.39 is 0 Å². The number of hydrogen-bond donors (Lipinski definition) is 2. The molecule has 1 amide bonds. The summed E-state index contributed by atoms with van der Waals surface area (Å²) in [7, 11) is 0. The third-order valence-electron chi connectivity index (χ3n) is 2.52. The lowest BCUT2D eigenvalue weighted by molar-refractivity contribution is 0.0942. The van der Waals surface area contributed by atoms with E-state index in [1.807, 2.05) is 0 Å². The lowest BCUT2D eigenvalue weighted by Crippen LogP contribution is -2.48. The predicted molar refractivity (Wildman–Crippen MR) is 55.1 cm³/mol. The fraction of sp³-hybridized carbons (Fsp3) is 0.364. The average Bonchev–Trinajstić information content (AvgIpc) is 2.16. The summed E-state index contributed by atoms with van der Waals surface area (Å²) in [6, 6.07) is 5.56. The summed E-state index contributed by atoms with van der Waals surface area (Å²) < 4.78 is 12.6. The third kappa shape index (κ3) is 2.53. The van der Waals surface area contributed by atoms with Crippen molar-refractivity contribution in [2.24, 2.45) is 5.92 Å². The van der Waals surface area contributed by atoms with Gasteiger partial charge in [-0.1, -0.05) is 0 Å². The van der Waals surface area contributed by atoms with Crippen molar-refractivity contribution >= 4 is 5.91 Å². The molecule has 0 aromatic heterocycles. The molecular formula is C11H13FN2O. The fourth-order valence-corrected chi connectivity index (χ4v) is 1.43. The highest BCUT2D eigenvalue weighted by Crippen LogP contribution is 2.04. The number of carbonyl (C=O) groups is 1. The maximum Gasteiger partial charge on any atom is 0.251 e. The van der Waals surface area contributed by atoms with Crippen LogP contribution in [-0.2, 0) is 0 Å². The van der Waals surface area contributed by atoms with Crippen LogP contribution in [0.3, 0.4) is 0 Å². The molecule has 0 radical (unpaired) electrons. The highest BCUT2D eigenvalue weighted by molar-refractivity contribution is 5.94. The van der Waals surface area contributed by atoms with Crippen LogP contribution < -0.4 is 10.6 Å². The predicted octanol–water partition coefficient (Wildman–Crippen LogP) is 0.775. The molecule has 1 fully saturated rings. The van der Waals surface area contributed by atoms with Crippen molar-refractivity contribution in [2.45, 2.75) is 0 Å². The Morgan fingerprint density at radius 3 is 2.60 bits per heavy atom. The molecular weight excluding hydrogens is 195 g/mol. The van der Waals surface area contributed by atoms with Gasteiger partial charge >= 0.3 is 0 Å². The summed E-state index contributed by atoms with van der Waals surface area (Å²) >= 11 is 0. The topological polar surface area (TPSA) is 41.1 Å². The van der Waals surface area contributed by atoms with Gasteiger partial charge in [-0.05, 0) is 24.3 Å². The number of halogens is 1. The highest BCUT2D eigenvalue weighted by atomic mass is 19.1. The molecule has 1 aromatic rings. The minimum absolute atomic E-state index is 0.137. The molecule has 4 heteroatoms. The second-order valence-corrected chi connectivity index (χ2v) is 3.74. The van der Waals surface area contributed by atoms with Gasteiger partial charge in [0.05, 0.1) is 0 Å². The van der Waals surface area contributed by atoms with Crippen LogP contribution in [0.15, 0.2) is 24.3 Å². The van der Waals surface area contributed by atoms with Gasteiger partial charge in [-0.3, -0.25) is 4.79 Å².